The molecular formula is C11H19NO2. The van der Waals surface area contributed by atoms with E-state index >= 15 is 0 Å². The van der Waals surface area contributed by atoms with E-state index in [9.17, 15) is 4.79 Å². The summed E-state index contributed by atoms with van der Waals surface area (Å²) >= 11 is 0. The molecule has 0 aliphatic rings. The summed E-state index contributed by atoms with van der Waals surface area (Å²) in [6, 6.07) is 2.16. The van der Waals surface area contributed by atoms with E-state index < -0.39 is 5.41 Å². The number of carbonyl (C=O) groups is 1. The van der Waals surface area contributed by atoms with Crippen LogP contribution in [0.4, 0.5) is 0 Å². The minimum Gasteiger partial charge on any atom is -0.464 e. The summed E-state index contributed by atoms with van der Waals surface area (Å²) in [6.07, 6.45) is 3.00. The predicted molar refractivity (Wildman–Crippen MR) is 54.5 cm³/mol. The van der Waals surface area contributed by atoms with E-state index in [1.807, 2.05) is 13.8 Å². The molecule has 0 saturated carbocycles. The number of ether oxygens (including phenoxy) is 1. The highest BCUT2D eigenvalue weighted by molar-refractivity contribution is 5.69. The Labute approximate surface area is 86.1 Å². The van der Waals surface area contributed by atoms with Gasteiger partial charge in [0.15, 0.2) is 0 Å². The number of carbonyl (C=O) groups excluding carboxylic acids is 1. The zero-order valence-corrected chi connectivity index (χ0v) is 9.30. The monoisotopic (exact) mass is 197 g/mol. The van der Waals surface area contributed by atoms with Crippen LogP contribution in [0.2, 0.25) is 0 Å². The van der Waals surface area contributed by atoms with Gasteiger partial charge in [-0.1, -0.05) is 20.3 Å². The summed E-state index contributed by atoms with van der Waals surface area (Å²) in [4.78, 5) is 11.1. The summed E-state index contributed by atoms with van der Waals surface area (Å²) in [7, 11) is 0. The van der Waals surface area contributed by atoms with Crippen molar-refractivity contribution in [3.05, 3.63) is 0 Å². The van der Waals surface area contributed by atoms with Crippen LogP contribution in [0.25, 0.3) is 0 Å². The maximum Gasteiger partial charge on any atom is 0.305 e. The van der Waals surface area contributed by atoms with Crippen LogP contribution < -0.4 is 0 Å². The van der Waals surface area contributed by atoms with Crippen molar-refractivity contribution in [3.63, 3.8) is 0 Å². The smallest absolute Gasteiger partial charge is 0.305 e. The summed E-state index contributed by atoms with van der Waals surface area (Å²) in [5, 5.41) is 8.83. The first-order valence-corrected chi connectivity index (χ1v) is 5.15. The molecule has 0 aromatic rings. The zero-order chi connectivity index (χ0) is 11.0. The van der Waals surface area contributed by atoms with Crippen molar-refractivity contribution in [2.24, 2.45) is 5.41 Å². The molecule has 0 rings (SSSR count). The van der Waals surface area contributed by atoms with Crippen LogP contribution >= 0.6 is 0 Å². The van der Waals surface area contributed by atoms with Gasteiger partial charge in [-0.2, -0.15) is 5.26 Å². The highest BCUT2D eigenvalue weighted by atomic mass is 16.5. The van der Waals surface area contributed by atoms with Gasteiger partial charge in [0.2, 0.25) is 0 Å². The van der Waals surface area contributed by atoms with Crippen LogP contribution in [-0.2, 0) is 9.53 Å². The molecule has 0 aromatic heterocycles. The van der Waals surface area contributed by atoms with Crippen LogP contribution in [0.15, 0.2) is 0 Å². The molecule has 14 heavy (non-hydrogen) atoms. The van der Waals surface area contributed by atoms with Crippen molar-refractivity contribution in [2.45, 2.75) is 46.5 Å². The van der Waals surface area contributed by atoms with Crippen molar-refractivity contribution in [1.82, 2.24) is 0 Å². The zero-order valence-electron chi connectivity index (χ0n) is 9.30. The molecule has 0 fully saturated rings. The maximum atomic E-state index is 11.1. The largest absolute Gasteiger partial charge is 0.464 e. The molecule has 0 aliphatic heterocycles. The molecule has 80 valence electrons. The van der Waals surface area contributed by atoms with E-state index in [4.69, 9.17) is 10.00 Å². The van der Waals surface area contributed by atoms with Crippen LogP contribution in [0.1, 0.15) is 46.5 Å². The molecule has 0 aromatic carbocycles. The average Bonchev–Trinajstić information content (AvgIpc) is 2.23. The SMILES string of the molecule is CCCCC(=O)OCC(C)(C#N)CC. The molecule has 0 saturated heterocycles. The molecule has 0 radical (unpaired) electrons. The lowest BCUT2D eigenvalue weighted by atomic mass is 9.91. The lowest BCUT2D eigenvalue weighted by Crippen LogP contribution is -2.22. The molecule has 0 amide bonds. The maximum absolute atomic E-state index is 11.1. The number of nitrogens with zero attached hydrogens (tertiary/aromatic N) is 1. The number of unbranched alkanes of at least 4 members (excludes halogenated alkanes) is 1. The predicted octanol–water partition coefficient (Wildman–Crippen LogP) is 2.66. The first kappa shape index (κ1) is 13.0. The third-order valence-corrected chi connectivity index (χ3v) is 2.34. The van der Waals surface area contributed by atoms with Crippen LogP contribution in [0, 0.1) is 16.7 Å². The van der Waals surface area contributed by atoms with Gasteiger partial charge in [0.25, 0.3) is 0 Å². The normalized spacial score (nSPS) is 14.1. The van der Waals surface area contributed by atoms with E-state index in [0.29, 0.717) is 12.8 Å². The van der Waals surface area contributed by atoms with E-state index in [2.05, 4.69) is 6.07 Å². The Bertz CT molecular complexity index is 220. The van der Waals surface area contributed by atoms with Gasteiger partial charge in [-0.25, -0.2) is 0 Å². The number of hydrogen-bond donors (Lipinski definition) is 0. The molecule has 0 N–H and O–H groups in total. The highest BCUT2D eigenvalue weighted by Crippen LogP contribution is 2.20. The number of hydrogen-bond acceptors (Lipinski definition) is 3. The molecular weight excluding hydrogens is 178 g/mol. The lowest BCUT2D eigenvalue weighted by Gasteiger charge is -2.18. The molecule has 1 atom stereocenters. The van der Waals surface area contributed by atoms with Crippen LogP contribution in [-0.4, -0.2) is 12.6 Å². The van der Waals surface area contributed by atoms with Crippen molar-refractivity contribution < 1.29 is 9.53 Å². The van der Waals surface area contributed by atoms with Gasteiger partial charge in [-0.05, 0) is 19.8 Å². The van der Waals surface area contributed by atoms with Crippen molar-refractivity contribution in [3.8, 4) is 6.07 Å². The first-order chi connectivity index (χ1) is 6.58. The van der Waals surface area contributed by atoms with Gasteiger partial charge in [0.1, 0.15) is 6.61 Å². The van der Waals surface area contributed by atoms with Crippen LogP contribution in [0.5, 0.6) is 0 Å². The van der Waals surface area contributed by atoms with Gasteiger partial charge < -0.3 is 4.74 Å². The Balaban J connectivity index is 3.82. The molecule has 3 heteroatoms. The van der Waals surface area contributed by atoms with Gasteiger partial charge in [0.05, 0.1) is 11.5 Å². The lowest BCUT2D eigenvalue weighted by molar-refractivity contribution is -0.146. The van der Waals surface area contributed by atoms with Crippen molar-refractivity contribution >= 4 is 5.97 Å². The van der Waals surface area contributed by atoms with Crippen LogP contribution in [0.3, 0.4) is 0 Å². The van der Waals surface area contributed by atoms with Crippen molar-refractivity contribution in [2.75, 3.05) is 6.61 Å². The molecule has 0 aliphatic carbocycles. The quantitative estimate of drug-likeness (QED) is 0.615. The third kappa shape index (κ3) is 4.86. The molecule has 3 nitrogen and oxygen atoms in total. The second-order valence-corrected chi connectivity index (χ2v) is 3.79. The van der Waals surface area contributed by atoms with Crippen molar-refractivity contribution in [1.29, 1.82) is 5.26 Å². The first-order valence-electron chi connectivity index (χ1n) is 5.15. The fraction of sp³-hybridized carbons (Fsp3) is 0.818. The topological polar surface area (TPSA) is 50.1 Å². The molecule has 0 bridgehead atoms. The Hall–Kier alpha value is -1.04. The summed E-state index contributed by atoms with van der Waals surface area (Å²) in [6.45, 7) is 5.96. The Morgan fingerprint density at radius 3 is 2.57 bits per heavy atom. The van der Waals surface area contributed by atoms with E-state index in [1.54, 1.807) is 6.92 Å². The summed E-state index contributed by atoms with van der Waals surface area (Å²) in [5.74, 6) is -0.193. The minimum atomic E-state index is -0.526. The summed E-state index contributed by atoms with van der Waals surface area (Å²) in [5.41, 5.74) is -0.526. The molecule has 1 unspecified atom stereocenters. The Kier molecular flexibility index (Phi) is 5.94. The van der Waals surface area contributed by atoms with Gasteiger partial charge >= 0.3 is 5.97 Å². The second kappa shape index (κ2) is 6.42. The van der Waals surface area contributed by atoms with Gasteiger partial charge in [-0.3, -0.25) is 4.79 Å². The Morgan fingerprint density at radius 1 is 1.50 bits per heavy atom. The number of nitriles is 1. The number of esters is 1. The van der Waals surface area contributed by atoms with E-state index in [0.717, 1.165) is 12.8 Å². The average molecular weight is 197 g/mol. The fourth-order valence-electron chi connectivity index (χ4n) is 0.846. The van der Waals surface area contributed by atoms with Gasteiger partial charge in [0, 0.05) is 6.42 Å². The minimum absolute atomic E-state index is 0.193. The molecule has 0 spiro atoms. The fourth-order valence-corrected chi connectivity index (χ4v) is 0.846. The standard InChI is InChI=1S/C11H19NO2/c1-4-6-7-10(13)14-9-11(3,5-2)8-12/h4-7,9H2,1-3H3. The van der Waals surface area contributed by atoms with E-state index in [1.165, 1.54) is 0 Å². The molecule has 0 heterocycles. The van der Waals surface area contributed by atoms with E-state index in [-0.39, 0.29) is 12.6 Å². The third-order valence-electron chi connectivity index (χ3n) is 2.34. The Morgan fingerprint density at radius 2 is 2.14 bits per heavy atom. The number of rotatable bonds is 6. The second-order valence-electron chi connectivity index (χ2n) is 3.79. The van der Waals surface area contributed by atoms with Gasteiger partial charge in [-0.15, -0.1) is 0 Å². The highest BCUT2D eigenvalue weighted by Gasteiger charge is 2.23. The summed E-state index contributed by atoms with van der Waals surface area (Å²) < 4.78 is 5.03.